The number of hydrogen-bond donors (Lipinski definition) is 1. The molecule has 0 bridgehead atoms. The smallest absolute Gasteiger partial charge is 0.0991 e. The molecule has 0 radical (unpaired) electrons. The SMILES string of the molecule is CNCCC1CCCCN1C(C)c1ccc(C#N)cc1. The zero-order chi connectivity index (χ0) is 14.4. The van der Waals surface area contributed by atoms with Gasteiger partial charge in [-0.05, 0) is 64.0 Å². The van der Waals surface area contributed by atoms with Gasteiger partial charge in [-0.25, -0.2) is 0 Å². The third kappa shape index (κ3) is 3.59. The lowest BCUT2D eigenvalue weighted by atomic mass is 9.95. The van der Waals surface area contributed by atoms with Crippen molar-refractivity contribution in [1.82, 2.24) is 10.2 Å². The lowest BCUT2D eigenvalue weighted by Crippen LogP contribution is -2.42. The normalized spacial score (nSPS) is 21.4. The van der Waals surface area contributed by atoms with Crippen molar-refractivity contribution < 1.29 is 0 Å². The first kappa shape index (κ1) is 15.0. The van der Waals surface area contributed by atoms with Crippen LogP contribution in [0.5, 0.6) is 0 Å². The van der Waals surface area contributed by atoms with E-state index in [0.717, 1.165) is 12.1 Å². The molecule has 0 saturated carbocycles. The third-order valence-corrected chi connectivity index (χ3v) is 4.42. The molecule has 1 fully saturated rings. The molecule has 20 heavy (non-hydrogen) atoms. The van der Waals surface area contributed by atoms with E-state index in [4.69, 9.17) is 5.26 Å². The Kier molecular flexibility index (Phi) is 5.58. The van der Waals surface area contributed by atoms with Crippen LogP contribution in [-0.4, -0.2) is 31.1 Å². The number of nitrogens with zero attached hydrogens (tertiary/aromatic N) is 2. The van der Waals surface area contributed by atoms with E-state index < -0.39 is 0 Å². The third-order valence-electron chi connectivity index (χ3n) is 4.42. The average molecular weight is 271 g/mol. The van der Waals surface area contributed by atoms with Gasteiger partial charge in [0.25, 0.3) is 0 Å². The number of likely N-dealkylation sites (tertiary alicyclic amines) is 1. The molecule has 1 aromatic rings. The van der Waals surface area contributed by atoms with E-state index in [1.165, 1.54) is 37.8 Å². The summed E-state index contributed by atoms with van der Waals surface area (Å²) >= 11 is 0. The summed E-state index contributed by atoms with van der Waals surface area (Å²) in [5.74, 6) is 0. The van der Waals surface area contributed by atoms with Gasteiger partial charge in [0.05, 0.1) is 11.6 Å². The molecule has 2 unspecified atom stereocenters. The van der Waals surface area contributed by atoms with Gasteiger partial charge in [0.1, 0.15) is 0 Å². The highest BCUT2D eigenvalue weighted by Crippen LogP contribution is 2.29. The summed E-state index contributed by atoms with van der Waals surface area (Å²) in [7, 11) is 2.03. The Balaban J connectivity index is 2.07. The molecule has 3 heteroatoms. The first-order valence-electron chi connectivity index (χ1n) is 7.66. The molecular formula is C17H25N3. The van der Waals surface area contributed by atoms with Crippen LogP contribution in [0.2, 0.25) is 0 Å². The van der Waals surface area contributed by atoms with Crippen molar-refractivity contribution in [2.75, 3.05) is 20.1 Å². The van der Waals surface area contributed by atoms with Crippen LogP contribution in [0.3, 0.4) is 0 Å². The molecule has 1 saturated heterocycles. The van der Waals surface area contributed by atoms with Crippen LogP contribution in [-0.2, 0) is 0 Å². The Bertz CT molecular complexity index is 446. The van der Waals surface area contributed by atoms with Crippen molar-refractivity contribution in [2.24, 2.45) is 0 Å². The van der Waals surface area contributed by atoms with Crippen LogP contribution in [0, 0.1) is 11.3 Å². The lowest BCUT2D eigenvalue weighted by Gasteiger charge is -2.40. The van der Waals surface area contributed by atoms with Gasteiger partial charge < -0.3 is 5.32 Å². The fourth-order valence-electron chi connectivity index (χ4n) is 3.18. The largest absolute Gasteiger partial charge is 0.320 e. The van der Waals surface area contributed by atoms with Crippen molar-refractivity contribution in [2.45, 2.75) is 44.7 Å². The maximum atomic E-state index is 8.89. The van der Waals surface area contributed by atoms with Gasteiger partial charge in [0.2, 0.25) is 0 Å². The summed E-state index contributed by atoms with van der Waals surface area (Å²) in [5.41, 5.74) is 2.06. The molecular weight excluding hydrogens is 246 g/mol. The summed E-state index contributed by atoms with van der Waals surface area (Å²) in [4.78, 5) is 2.64. The molecule has 1 heterocycles. The highest BCUT2D eigenvalue weighted by Gasteiger charge is 2.26. The summed E-state index contributed by atoms with van der Waals surface area (Å²) < 4.78 is 0. The van der Waals surface area contributed by atoms with Crippen LogP contribution in [0.4, 0.5) is 0 Å². The zero-order valence-corrected chi connectivity index (χ0v) is 12.6. The van der Waals surface area contributed by atoms with E-state index in [9.17, 15) is 0 Å². The van der Waals surface area contributed by atoms with Crippen LogP contribution in [0.25, 0.3) is 0 Å². The fraction of sp³-hybridized carbons (Fsp3) is 0.588. The molecule has 108 valence electrons. The minimum Gasteiger partial charge on any atom is -0.320 e. The molecule has 1 aliphatic heterocycles. The van der Waals surface area contributed by atoms with Gasteiger partial charge in [-0.15, -0.1) is 0 Å². The minimum atomic E-state index is 0.435. The highest BCUT2D eigenvalue weighted by atomic mass is 15.2. The Hall–Kier alpha value is -1.37. The number of piperidine rings is 1. The first-order valence-corrected chi connectivity index (χ1v) is 7.66. The predicted octanol–water partition coefficient (Wildman–Crippen LogP) is 3.08. The molecule has 0 amide bonds. The van der Waals surface area contributed by atoms with Gasteiger partial charge in [0, 0.05) is 12.1 Å². The first-order chi connectivity index (χ1) is 9.76. The molecule has 2 atom stereocenters. The maximum absolute atomic E-state index is 8.89. The van der Waals surface area contributed by atoms with Crippen LogP contribution < -0.4 is 5.32 Å². The van der Waals surface area contributed by atoms with Crippen LogP contribution >= 0.6 is 0 Å². The summed E-state index contributed by atoms with van der Waals surface area (Å²) in [6.07, 6.45) is 5.18. The van der Waals surface area contributed by atoms with Crippen LogP contribution in [0.1, 0.15) is 49.8 Å². The summed E-state index contributed by atoms with van der Waals surface area (Å²) in [6, 6.07) is 11.4. The molecule has 0 aromatic heterocycles. The summed E-state index contributed by atoms with van der Waals surface area (Å²) in [6.45, 7) is 4.57. The number of nitriles is 1. The van der Waals surface area contributed by atoms with Crippen molar-refractivity contribution in [3.63, 3.8) is 0 Å². The molecule has 0 spiro atoms. The fourth-order valence-corrected chi connectivity index (χ4v) is 3.18. The van der Waals surface area contributed by atoms with Gasteiger partial charge in [-0.3, -0.25) is 4.90 Å². The average Bonchev–Trinajstić information content (AvgIpc) is 2.52. The van der Waals surface area contributed by atoms with Crippen molar-refractivity contribution in [1.29, 1.82) is 5.26 Å². The molecule has 2 rings (SSSR count). The molecule has 1 aromatic carbocycles. The monoisotopic (exact) mass is 271 g/mol. The van der Waals surface area contributed by atoms with Gasteiger partial charge >= 0.3 is 0 Å². The number of nitrogens with one attached hydrogen (secondary N) is 1. The maximum Gasteiger partial charge on any atom is 0.0991 e. The second kappa shape index (κ2) is 7.42. The van der Waals surface area contributed by atoms with Crippen LogP contribution in [0.15, 0.2) is 24.3 Å². The second-order valence-electron chi connectivity index (χ2n) is 5.69. The van der Waals surface area contributed by atoms with Gasteiger partial charge in [-0.1, -0.05) is 18.6 Å². The molecule has 0 aliphatic carbocycles. The van der Waals surface area contributed by atoms with E-state index in [0.29, 0.717) is 12.1 Å². The second-order valence-corrected chi connectivity index (χ2v) is 5.69. The highest BCUT2D eigenvalue weighted by molar-refractivity contribution is 5.32. The van der Waals surface area contributed by atoms with E-state index >= 15 is 0 Å². The Morgan fingerprint density at radius 3 is 2.75 bits per heavy atom. The lowest BCUT2D eigenvalue weighted by molar-refractivity contribution is 0.0972. The Morgan fingerprint density at radius 1 is 1.35 bits per heavy atom. The number of rotatable bonds is 5. The van der Waals surface area contributed by atoms with E-state index in [1.807, 2.05) is 19.2 Å². The topological polar surface area (TPSA) is 39.1 Å². The number of benzene rings is 1. The van der Waals surface area contributed by atoms with E-state index in [1.54, 1.807) is 0 Å². The molecule has 1 N–H and O–H groups in total. The molecule has 3 nitrogen and oxygen atoms in total. The van der Waals surface area contributed by atoms with Gasteiger partial charge in [-0.2, -0.15) is 5.26 Å². The standard InChI is InChI=1S/C17H25N3/c1-14(16-8-6-15(13-18)7-9-16)20-12-4-3-5-17(20)10-11-19-2/h6-9,14,17,19H,3-5,10-12H2,1-2H3. The minimum absolute atomic E-state index is 0.435. The van der Waals surface area contributed by atoms with Crippen molar-refractivity contribution >= 4 is 0 Å². The zero-order valence-electron chi connectivity index (χ0n) is 12.6. The predicted molar refractivity (Wildman–Crippen MR) is 82.5 cm³/mol. The molecule has 1 aliphatic rings. The van der Waals surface area contributed by atoms with Gasteiger partial charge in [0.15, 0.2) is 0 Å². The van der Waals surface area contributed by atoms with E-state index in [2.05, 4.69) is 35.3 Å². The summed E-state index contributed by atoms with van der Waals surface area (Å²) in [5, 5.41) is 12.2. The van der Waals surface area contributed by atoms with Crippen molar-refractivity contribution in [3.05, 3.63) is 35.4 Å². The quantitative estimate of drug-likeness (QED) is 0.894. The van der Waals surface area contributed by atoms with Crippen molar-refractivity contribution in [3.8, 4) is 6.07 Å². The Labute approximate surface area is 122 Å². The Morgan fingerprint density at radius 2 is 2.10 bits per heavy atom. The van der Waals surface area contributed by atoms with E-state index in [-0.39, 0.29) is 0 Å². The number of hydrogen-bond acceptors (Lipinski definition) is 3.